The molecule has 0 spiro atoms. The average molecular weight is 350 g/mol. The molecule has 2 rings (SSSR count). The highest BCUT2D eigenvalue weighted by Crippen LogP contribution is 2.19. The zero-order valence-electron chi connectivity index (χ0n) is 13.8. The predicted molar refractivity (Wildman–Crippen MR) is 90.3 cm³/mol. The lowest BCUT2D eigenvalue weighted by Crippen LogP contribution is -2.44. The van der Waals surface area contributed by atoms with Crippen LogP contribution in [-0.2, 0) is 14.6 Å². The third kappa shape index (κ3) is 4.96. The molecule has 1 amide bonds. The smallest absolute Gasteiger partial charge is 0.260 e. The summed E-state index contributed by atoms with van der Waals surface area (Å²) in [4.78, 5) is 14.1. The monoisotopic (exact) mass is 350 g/mol. The van der Waals surface area contributed by atoms with Gasteiger partial charge in [-0.1, -0.05) is 13.3 Å². The molecule has 0 bridgehead atoms. The highest BCUT2D eigenvalue weighted by molar-refractivity contribution is 7.91. The molecule has 1 aromatic rings. The lowest BCUT2D eigenvalue weighted by atomic mass is 10.2. The summed E-state index contributed by atoms with van der Waals surface area (Å²) < 4.78 is 28.9. The molecule has 130 valence electrons. The van der Waals surface area contributed by atoms with E-state index in [4.69, 9.17) is 10.00 Å². The normalized spacial score (nSPS) is 18.8. The summed E-state index contributed by atoms with van der Waals surface area (Å²) in [5.74, 6) is 0.496. The van der Waals surface area contributed by atoms with Gasteiger partial charge in [-0.25, -0.2) is 8.42 Å². The number of ether oxygens (including phenoxy) is 1. The number of benzene rings is 1. The molecular weight excluding hydrogens is 328 g/mol. The molecule has 1 unspecified atom stereocenters. The van der Waals surface area contributed by atoms with Crippen LogP contribution in [0.15, 0.2) is 24.3 Å². The fourth-order valence-electron chi connectivity index (χ4n) is 2.71. The van der Waals surface area contributed by atoms with E-state index in [1.807, 2.05) is 13.0 Å². The number of carbonyl (C=O) groups is 1. The summed E-state index contributed by atoms with van der Waals surface area (Å²) in [7, 11) is -3.04. The molecule has 1 aromatic carbocycles. The van der Waals surface area contributed by atoms with Gasteiger partial charge in [0.05, 0.1) is 23.1 Å². The number of unbranched alkanes of at least 4 members (excludes halogenated alkanes) is 1. The molecule has 1 aliphatic rings. The van der Waals surface area contributed by atoms with Crippen molar-refractivity contribution in [3.63, 3.8) is 0 Å². The van der Waals surface area contributed by atoms with E-state index in [0.29, 0.717) is 24.3 Å². The third-order valence-electron chi connectivity index (χ3n) is 4.07. The van der Waals surface area contributed by atoms with Crippen molar-refractivity contribution in [3.8, 4) is 11.8 Å². The Bertz CT molecular complexity index is 707. The van der Waals surface area contributed by atoms with E-state index in [1.165, 1.54) is 0 Å². The topological polar surface area (TPSA) is 87.5 Å². The zero-order valence-corrected chi connectivity index (χ0v) is 14.6. The second-order valence-electron chi connectivity index (χ2n) is 5.92. The summed E-state index contributed by atoms with van der Waals surface area (Å²) in [6.45, 7) is 2.44. The molecule has 0 aromatic heterocycles. The highest BCUT2D eigenvalue weighted by atomic mass is 32.2. The highest BCUT2D eigenvalue weighted by Gasteiger charge is 2.34. The standard InChI is InChI=1S/C17H22N2O4S/c1-2-3-9-19(15-8-10-24(21,22)13-15)17(20)12-23-16-6-4-14(11-18)5-7-16/h4-7,15H,2-3,8-10,12-13H2,1H3. The minimum Gasteiger partial charge on any atom is -0.484 e. The van der Waals surface area contributed by atoms with Crippen LogP contribution in [0.1, 0.15) is 31.7 Å². The zero-order chi connectivity index (χ0) is 17.6. The first-order valence-corrected chi connectivity index (χ1v) is 9.90. The van der Waals surface area contributed by atoms with Crippen molar-refractivity contribution in [3.05, 3.63) is 29.8 Å². The van der Waals surface area contributed by atoms with Gasteiger partial charge in [0.15, 0.2) is 16.4 Å². The molecule has 1 fully saturated rings. The van der Waals surface area contributed by atoms with Crippen molar-refractivity contribution in [2.24, 2.45) is 0 Å². The number of rotatable bonds is 7. The molecule has 0 N–H and O–H groups in total. The maximum absolute atomic E-state index is 12.5. The number of nitriles is 1. The molecular formula is C17H22N2O4S. The maximum atomic E-state index is 12.5. The van der Waals surface area contributed by atoms with Gasteiger partial charge >= 0.3 is 0 Å². The Balaban J connectivity index is 1.97. The van der Waals surface area contributed by atoms with Crippen molar-refractivity contribution in [2.75, 3.05) is 24.7 Å². The predicted octanol–water partition coefficient (Wildman–Crippen LogP) is 1.75. The van der Waals surface area contributed by atoms with Crippen molar-refractivity contribution >= 4 is 15.7 Å². The van der Waals surface area contributed by atoms with Gasteiger partial charge in [0.1, 0.15) is 5.75 Å². The van der Waals surface area contributed by atoms with Crippen molar-refractivity contribution in [2.45, 2.75) is 32.2 Å². The first-order valence-electron chi connectivity index (χ1n) is 8.08. The molecule has 0 aliphatic carbocycles. The van der Waals surface area contributed by atoms with Gasteiger partial charge in [0, 0.05) is 12.6 Å². The minimum absolute atomic E-state index is 0.0410. The van der Waals surface area contributed by atoms with E-state index in [9.17, 15) is 13.2 Å². The molecule has 24 heavy (non-hydrogen) atoms. The first-order chi connectivity index (χ1) is 11.4. The molecule has 1 atom stereocenters. The van der Waals surface area contributed by atoms with Crippen LogP contribution in [0.25, 0.3) is 0 Å². The Morgan fingerprint density at radius 3 is 2.62 bits per heavy atom. The molecule has 7 heteroatoms. The molecule has 6 nitrogen and oxygen atoms in total. The van der Waals surface area contributed by atoms with Crippen LogP contribution in [0, 0.1) is 11.3 Å². The van der Waals surface area contributed by atoms with Crippen LogP contribution in [0.2, 0.25) is 0 Å². The van der Waals surface area contributed by atoms with Crippen LogP contribution in [0.4, 0.5) is 0 Å². The van der Waals surface area contributed by atoms with Gasteiger partial charge in [-0.15, -0.1) is 0 Å². The number of nitrogens with zero attached hydrogens (tertiary/aromatic N) is 2. The van der Waals surface area contributed by atoms with E-state index in [2.05, 4.69) is 0 Å². The number of hydrogen-bond donors (Lipinski definition) is 0. The van der Waals surface area contributed by atoms with Gasteiger partial charge in [-0.05, 0) is 37.1 Å². The molecule has 0 saturated carbocycles. The average Bonchev–Trinajstić information content (AvgIpc) is 2.93. The van der Waals surface area contributed by atoms with E-state index in [-0.39, 0.29) is 30.1 Å². The Morgan fingerprint density at radius 1 is 1.38 bits per heavy atom. The summed E-state index contributed by atoms with van der Waals surface area (Å²) in [6, 6.07) is 8.29. The van der Waals surface area contributed by atoms with Crippen LogP contribution in [0.5, 0.6) is 5.75 Å². The van der Waals surface area contributed by atoms with E-state index in [0.717, 1.165) is 12.8 Å². The first kappa shape index (κ1) is 18.3. The Labute approximate surface area is 142 Å². The minimum atomic E-state index is -3.04. The number of hydrogen-bond acceptors (Lipinski definition) is 5. The molecule has 0 radical (unpaired) electrons. The van der Waals surface area contributed by atoms with Crippen molar-refractivity contribution in [1.82, 2.24) is 4.90 Å². The number of amides is 1. The SMILES string of the molecule is CCCCN(C(=O)COc1ccc(C#N)cc1)C1CCS(=O)(=O)C1. The fourth-order valence-corrected chi connectivity index (χ4v) is 4.44. The fraction of sp³-hybridized carbons (Fsp3) is 0.529. The van der Waals surface area contributed by atoms with Gasteiger partial charge in [-0.2, -0.15) is 5.26 Å². The third-order valence-corrected chi connectivity index (χ3v) is 5.82. The van der Waals surface area contributed by atoms with Gasteiger partial charge in [0.25, 0.3) is 5.91 Å². The van der Waals surface area contributed by atoms with Crippen LogP contribution >= 0.6 is 0 Å². The largest absolute Gasteiger partial charge is 0.484 e. The van der Waals surface area contributed by atoms with Gasteiger partial charge < -0.3 is 9.64 Å². The summed E-state index contributed by atoms with van der Waals surface area (Å²) in [5.41, 5.74) is 0.523. The molecule has 1 heterocycles. The van der Waals surface area contributed by atoms with Crippen LogP contribution < -0.4 is 4.74 Å². The maximum Gasteiger partial charge on any atom is 0.260 e. The van der Waals surface area contributed by atoms with E-state index < -0.39 is 9.84 Å². The summed E-state index contributed by atoms with van der Waals surface area (Å²) in [5, 5.41) is 8.76. The quantitative estimate of drug-likeness (QED) is 0.748. The van der Waals surface area contributed by atoms with Gasteiger partial charge in [-0.3, -0.25) is 4.79 Å². The van der Waals surface area contributed by atoms with E-state index >= 15 is 0 Å². The van der Waals surface area contributed by atoms with Crippen LogP contribution in [0.3, 0.4) is 0 Å². The number of carbonyl (C=O) groups excluding carboxylic acids is 1. The Morgan fingerprint density at radius 2 is 2.08 bits per heavy atom. The van der Waals surface area contributed by atoms with Crippen molar-refractivity contribution < 1.29 is 17.9 Å². The molecule has 1 saturated heterocycles. The lowest BCUT2D eigenvalue weighted by molar-refractivity contribution is -0.135. The number of sulfone groups is 1. The van der Waals surface area contributed by atoms with Crippen molar-refractivity contribution in [1.29, 1.82) is 5.26 Å². The summed E-state index contributed by atoms with van der Waals surface area (Å²) >= 11 is 0. The second-order valence-corrected chi connectivity index (χ2v) is 8.15. The van der Waals surface area contributed by atoms with E-state index in [1.54, 1.807) is 29.2 Å². The van der Waals surface area contributed by atoms with Crippen LogP contribution in [-0.4, -0.2) is 49.9 Å². The lowest BCUT2D eigenvalue weighted by Gasteiger charge is -2.28. The van der Waals surface area contributed by atoms with Gasteiger partial charge in [0.2, 0.25) is 0 Å². The Hall–Kier alpha value is -2.07. The second kappa shape index (κ2) is 8.15. The Kier molecular flexibility index (Phi) is 6.21. The molecule has 1 aliphatic heterocycles. The summed E-state index contributed by atoms with van der Waals surface area (Å²) in [6.07, 6.45) is 2.26.